The lowest BCUT2D eigenvalue weighted by Gasteiger charge is -2.31. The van der Waals surface area contributed by atoms with E-state index in [0.717, 1.165) is 12.8 Å². The standard InChI is InChI=1S/C13H26N2O/c1-13(2,3)14-12(16)15(4)11-9-7-5-6-8-10-11/h11H,5-10H2,1-4H3,(H,14,16). The summed E-state index contributed by atoms with van der Waals surface area (Å²) in [6, 6.07) is 0.504. The van der Waals surface area contributed by atoms with E-state index in [1.807, 2.05) is 32.7 Å². The maximum atomic E-state index is 12.0. The molecule has 16 heavy (non-hydrogen) atoms. The molecule has 0 aliphatic heterocycles. The van der Waals surface area contributed by atoms with Crippen LogP contribution >= 0.6 is 0 Å². The molecule has 0 spiro atoms. The highest BCUT2D eigenvalue weighted by molar-refractivity contribution is 5.74. The van der Waals surface area contributed by atoms with Crippen LogP contribution in [0.1, 0.15) is 59.3 Å². The molecule has 0 atom stereocenters. The zero-order chi connectivity index (χ0) is 12.2. The van der Waals surface area contributed by atoms with E-state index in [1.165, 1.54) is 25.7 Å². The third kappa shape index (κ3) is 4.42. The van der Waals surface area contributed by atoms with Gasteiger partial charge in [-0.3, -0.25) is 0 Å². The Bertz CT molecular complexity index is 225. The number of hydrogen-bond donors (Lipinski definition) is 1. The average Bonchev–Trinajstić information content (AvgIpc) is 2.41. The molecule has 94 valence electrons. The minimum atomic E-state index is -0.143. The van der Waals surface area contributed by atoms with Crippen molar-refractivity contribution in [1.82, 2.24) is 10.2 Å². The Kier molecular flexibility index (Phi) is 4.63. The second-order valence-corrected chi connectivity index (χ2v) is 5.94. The molecule has 1 rings (SSSR count). The van der Waals surface area contributed by atoms with Gasteiger partial charge in [0.05, 0.1) is 0 Å². The SMILES string of the molecule is CN(C(=O)NC(C)(C)C)C1CCCCCC1. The summed E-state index contributed by atoms with van der Waals surface area (Å²) in [5, 5.41) is 3.02. The van der Waals surface area contributed by atoms with Crippen molar-refractivity contribution in [2.24, 2.45) is 0 Å². The van der Waals surface area contributed by atoms with Crippen LogP contribution < -0.4 is 5.32 Å². The molecule has 1 aliphatic carbocycles. The van der Waals surface area contributed by atoms with Crippen molar-refractivity contribution in [2.45, 2.75) is 70.9 Å². The van der Waals surface area contributed by atoms with Crippen molar-refractivity contribution in [3.05, 3.63) is 0 Å². The monoisotopic (exact) mass is 226 g/mol. The topological polar surface area (TPSA) is 32.3 Å². The van der Waals surface area contributed by atoms with Crippen molar-refractivity contribution in [3.8, 4) is 0 Å². The fourth-order valence-electron chi connectivity index (χ4n) is 2.22. The first kappa shape index (κ1) is 13.3. The molecule has 0 unspecified atom stereocenters. The van der Waals surface area contributed by atoms with Crippen LogP contribution in [0.3, 0.4) is 0 Å². The zero-order valence-corrected chi connectivity index (χ0v) is 11.2. The summed E-state index contributed by atoms with van der Waals surface area (Å²) >= 11 is 0. The molecule has 0 bridgehead atoms. The average molecular weight is 226 g/mol. The summed E-state index contributed by atoms with van der Waals surface area (Å²) < 4.78 is 0. The van der Waals surface area contributed by atoms with Crippen LogP contribution in [0, 0.1) is 0 Å². The molecule has 0 aromatic carbocycles. The summed E-state index contributed by atoms with van der Waals surface area (Å²) in [6.45, 7) is 6.06. The Morgan fingerprint density at radius 3 is 2.06 bits per heavy atom. The predicted molar refractivity (Wildman–Crippen MR) is 67.5 cm³/mol. The second kappa shape index (κ2) is 5.55. The number of urea groups is 1. The number of nitrogens with one attached hydrogen (secondary N) is 1. The molecule has 1 aliphatic rings. The number of nitrogens with zero attached hydrogens (tertiary/aromatic N) is 1. The summed E-state index contributed by atoms with van der Waals surface area (Å²) in [4.78, 5) is 13.9. The number of carbonyl (C=O) groups excluding carboxylic acids is 1. The van der Waals surface area contributed by atoms with Crippen molar-refractivity contribution in [1.29, 1.82) is 0 Å². The predicted octanol–water partition coefficient (Wildman–Crippen LogP) is 3.15. The lowest BCUT2D eigenvalue weighted by Crippen LogP contribution is -2.50. The van der Waals surface area contributed by atoms with Gasteiger partial charge in [0.2, 0.25) is 0 Å². The van der Waals surface area contributed by atoms with E-state index >= 15 is 0 Å². The number of hydrogen-bond acceptors (Lipinski definition) is 1. The van der Waals surface area contributed by atoms with Gasteiger partial charge in [-0.2, -0.15) is 0 Å². The van der Waals surface area contributed by atoms with Gasteiger partial charge in [0.15, 0.2) is 0 Å². The third-order valence-corrected chi connectivity index (χ3v) is 3.17. The van der Waals surface area contributed by atoms with Gasteiger partial charge in [-0.15, -0.1) is 0 Å². The van der Waals surface area contributed by atoms with Crippen molar-refractivity contribution < 1.29 is 4.79 Å². The summed E-state index contributed by atoms with van der Waals surface area (Å²) in [7, 11) is 1.93. The van der Waals surface area contributed by atoms with Gasteiger partial charge >= 0.3 is 6.03 Å². The first-order chi connectivity index (χ1) is 7.40. The smallest absolute Gasteiger partial charge is 0.317 e. The van der Waals surface area contributed by atoms with Crippen molar-refractivity contribution in [3.63, 3.8) is 0 Å². The van der Waals surface area contributed by atoms with Crippen LogP contribution in [0.15, 0.2) is 0 Å². The minimum absolute atomic E-state index is 0.0689. The van der Waals surface area contributed by atoms with Gasteiger partial charge in [-0.25, -0.2) is 4.79 Å². The quantitative estimate of drug-likeness (QED) is 0.684. The summed E-state index contributed by atoms with van der Waals surface area (Å²) in [5.41, 5.74) is -0.143. The van der Waals surface area contributed by atoms with E-state index in [-0.39, 0.29) is 11.6 Å². The molecule has 0 heterocycles. The van der Waals surface area contributed by atoms with Crippen LogP contribution in [0.5, 0.6) is 0 Å². The lowest BCUT2D eigenvalue weighted by molar-refractivity contribution is 0.175. The molecule has 0 aromatic heterocycles. The molecular formula is C13H26N2O. The molecular weight excluding hydrogens is 200 g/mol. The van der Waals surface area contributed by atoms with Crippen LogP contribution in [0.4, 0.5) is 4.79 Å². The molecule has 1 fully saturated rings. The fraction of sp³-hybridized carbons (Fsp3) is 0.923. The lowest BCUT2D eigenvalue weighted by atomic mass is 10.1. The first-order valence-corrected chi connectivity index (χ1v) is 6.45. The molecule has 0 aromatic rings. The molecule has 3 nitrogen and oxygen atoms in total. The summed E-state index contributed by atoms with van der Waals surface area (Å²) in [5.74, 6) is 0. The van der Waals surface area contributed by atoms with Gasteiger partial charge < -0.3 is 10.2 Å². The number of amides is 2. The Balaban J connectivity index is 2.48. The Labute approximate surface area is 99.6 Å². The van der Waals surface area contributed by atoms with Crippen LogP contribution in [0.2, 0.25) is 0 Å². The van der Waals surface area contributed by atoms with Crippen LogP contribution in [0.25, 0.3) is 0 Å². The maximum absolute atomic E-state index is 12.0. The van der Waals surface area contributed by atoms with E-state index in [4.69, 9.17) is 0 Å². The summed E-state index contributed by atoms with van der Waals surface area (Å²) in [6.07, 6.45) is 7.49. The van der Waals surface area contributed by atoms with E-state index in [2.05, 4.69) is 5.32 Å². The van der Waals surface area contributed by atoms with Crippen LogP contribution in [-0.2, 0) is 0 Å². The van der Waals surface area contributed by atoms with E-state index in [9.17, 15) is 4.79 Å². The molecule has 1 N–H and O–H groups in total. The minimum Gasteiger partial charge on any atom is -0.333 e. The Hall–Kier alpha value is -0.730. The van der Waals surface area contributed by atoms with Gasteiger partial charge in [-0.05, 0) is 33.6 Å². The first-order valence-electron chi connectivity index (χ1n) is 6.45. The van der Waals surface area contributed by atoms with E-state index in [1.54, 1.807) is 0 Å². The fourth-order valence-corrected chi connectivity index (χ4v) is 2.22. The van der Waals surface area contributed by atoms with Crippen molar-refractivity contribution >= 4 is 6.03 Å². The van der Waals surface area contributed by atoms with Gasteiger partial charge in [0.1, 0.15) is 0 Å². The van der Waals surface area contributed by atoms with Gasteiger partial charge in [0.25, 0.3) is 0 Å². The highest BCUT2D eigenvalue weighted by atomic mass is 16.2. The van der Waals surface area contributed by atoms with Gasteiger partial charge in [-0.1, -0.05) is 25.7 Å². The number of carbonyl (C=O) groups is 1. The number of rotatable bonds is 1. The molecule has 0 radical (unpaired) electrons. The highest BCUT2D eigenvalue weighted by Gasteiger charge is 2.23. The molecule has 2 amide bonds. The molecule has 0 saturated heterocycles. The zero-order valence-electron chi connectivity index (χ0n) is 11.2. The van der Waals surface area contributed by atoms with E-state index < -0.39 is 0 Å². The maximum Gasteiger partial charge on any atom is 0.317 e. The highest BCUT2D eigenvalue weighted by Crippen LogP contribution is 2.21. The van der Waals surface area contributed by atoms with E-state index in [0.29, 0.717) is 6.04 Å². The third-order valence-electron chi connectivity index (χ3n) is 3.17. The van der Waals surface area contributed by atoms with Crippen LogP contribution in [-0.4, -0.2) is 29.6 Å². The Morgan fingerprint density at radius 2 is 1.62 bits per heavy atom. The van der Waals surface area contributed by atoms with Crippen molar-refractivity contribution in [2.75, 3.05) is 7.05 Å². The normalized spacial score (nSPS) is 19.0. The van der Waals surface area contributed by atoms with Gasteiger partial charge in [0, 0.05) is 18.6 Å². The Morgan fingerprint density at radius 1 is 1.12 bits per heavy atom. The molecule has 1 saturated carbocycles. The molecule has 3 heteroatoms. The second-order valence-electron chi connectivity index (χ2n) is 5.94. The largest absolute Gasteiger partial charge is 0.333 e.